The SMILES string of the molecule is Cc1c(Cl)cccc1N1CC(=O)NC(C)(C)C1. The lowest BCUT2D eigenvalue weighted by molar-refractivity contribution is -0.122. The van der Waals surface area contributed by atoms with Crippen LogP contribution >= 0.6 is 11.6 Å². The molecule has 1 heterocycles. The highest BCUT2D eigenvalue weighted by molar-refractivity contribution is 6.31. The highest BCUT2D eigenvalue weighted by atomic mass is 35.5. The van der Waals surface area contributed by atoms with E-state index in [9.17, 15) is 4.79 Å². The second-order valence-electron chi connectivity index (χ2n) is 5.17. The summed E-state index contributed by atoms with van der Waals surface area (Å²) >= 11 is 6.11. The van der Waals surface area contributed by atoms with E-state index in [1.165, 1.54) is 0 Å². The second kappa shape index (κ2) is 4.22. The lowest BCUT2D eigenvalue weighted by Crippen LogP contribution is -2.60. The van der Waals surface area contributed by atoms with Crippen LogP contribution in [0, 0.1) is 6.92 Å². The van der Waals surface area contributed by atoms with E-state index in [0.29, 0.717) is 6.54 Å². The molecule has 92 valence electrons. The van der Waals surface area contributed by atoms with E-state index < -0.39 is 0 Å². The largest absolute Gasteiger partial charge is 0.360 e. The Morgan fingerprint density at radius 1 is 1.41 bits per heavy atom. The number of nitrogens with zero attached hydrogens (tertiary/aromatic N) is 1. The molecule has 1 aromatic carbocycles. The number of carbonyl (C=O) groups excluding carboxylic acids is 1. The Labute approximate surface area is 107 Å². The van der Waals surface area contributed by atoms with Crippen molar-refractivity contribution in [2.45, 2.75) is 26.3 Å². The first-order chi connectivity index (χ1) is 7.89. The van der Waals surface area contributed by atoms with E-state index in [-0.39, 0.29) is 11.4 Å². The Balaban J connectivity index is 2.33. The van der Waals surface area contributed by atoms with Crippen LogP contribution in [0.5, 0.6) is 0 Å². The third kappa shape index (κ3) is 2.55. The monoisotopic (exact) mass is 252 g/mol. The molecular formula is C13H17ClN2O. The van der Waals surface area contributed by atoms with Gasteiger partial charge in [-0.3, -0.25) is 4.79 Å². The smallest absolute Gasteiger partial charge is 0.239 e. The quantitative estimate of drug-likeness (QED) is 0.832. The van der Waals surface area contributed by atoms with E-state index in [4.69, 9.17) is 11.6 Å². The molecule has 17 heavy (non-hydrogen) atoms. The van der Waals surface area contributed by atoms with Crippen molar-refractivity contribution < 1.29 is 4.79 Å². The summed E-state index contributed by atoms with van der Waals surface area (Å²) < 4.78 is 0. The molecule has 1 fully saturated rings. The first kappa shape index (κ1) is 12.2. The summed E-state index contributed by atoms with van der Waals surface area (Å²) in [4.78, 5) is 13.8. The summed E-state index contributed by atoms with van der Waals surface area (Å²) in [6.07, 6.45) is 0. The van der Waals surface area contributed by atoms with E-state index in [0.717, 1.165) is 22.8 Å². The van der Waals surface area contributed by atoms with Gasteiger partial charge in [0, 0.05) is 17.3 Å². The van der Waals surface area contributed by atoms with Gasteiger partial charge in [-0.15, -0.1) is 0 Å². The highest BCUT2D eigenvalue weighted by Crippen LogP contribution is 2.28. The fourth-order valence-electron chi connectivity index (χ4n) is 2.27. The van der Waals surface area contributed by atoms with Crippen molar-refractivity contribution in [2.75, 3.05) is 18.0 Å². The van der Waals surface area contributed by atoms with Gasteiger partial charge in [-0.05, 0) is 38.5 Å². The number of amides is 1. The first-order valence-corrected chi connectivity index (χ1v) is 6.08. The van der Waals surface area contributed by atoms with E-state index in [2.05, 4.69) is 10.2 Å². The van der Waals surface area contributed by atoms with Gasteiger partial charge in [-0.1, -0.05) is 17.7 Å². The molecule has 4 heteroatoms. The van der Waals surface area contributed by atoms with Gasteiger partial charge in [-0.2, -0.15) is 0 Å². The third-order valence-electron chi connectivity index (χ3n) is 2.98. The lowest BCUT2D eigenvalue weighted by Gasteiger charge is -2.40. The number of hydrogen-bond donors (Lipinski definition) is 1. The van der Waals surface area contributed by atoms with Gasteiger partial charge < -0.3 is 10.2 Å². The van der Waals surface area contributed by atoms with Crippen LogP contribution in [0.2, 0.25) is 5.02 Å². The standard InChI is InChI=1S/C13H17ClN2O/c1-9-10(14)5-4-6-11(9)16-7-12(17)15-13(2,3)8-16/h4-6H,7-8H2,1-3H3,(H,15,17). The van der Waals surface area contributed by atoms with Crippen molar-refractivity contribution in [1.82, 2.24) is 5.32 Å². The molecule has 1 N–H and O–H groups in total. The van der Waals surface area contributed by atoms with Gasteiger partial charge in [-0.25, -0.2) is 0 Å². The van der Waals surface area contributed by atoms with Gasteiger partial charge in [0.2, 0.25) is 5.91 Å². The van der Waals surface area contributed by atoms with Crippen LogP contribution in [0.25, 0.3) is 0 Å². The van der Waals surface area contributed by atoms with Crippen LogP contribution < -0.4 is 10.2 Å². The fraction of sp³-hybridized carbons (Fsp3) is 0.462. The summed E-state index contributed by atoms with van der Waals surface area (Å²) in [6.45, 7) is 7.22. The van der Waals surface area contributed by atoms with Crippen LogP contribution in [0.1, 0.15) is 19.4 Å². The predicted octanol–water partition coefficient (Wildman–Crippen LogP) is 2.36. The zero-order valence-electron chi connectivity index (χ0n) is 10.4. The maximum absolute atomic E-state index is 11.7. The van der Waals surface area contributed by atoms with Crippen molar-refractivity contribution in [3.8, 4) is 0 Å². The molecule has 0 atom stereocenters. The Hall–Kier alpha value is -1.22. The van der Waals surface area contributed by atoms with Crippen molar-refractivity contribution in [3.05, 3.63) is 28.8 Å². The summed E-state index contributed by atoms with van der Waals surface area (Å²) in [5, 5.41) is 3.72. The van der Waals surface area contributed by atoms with E-state index in [1.54, 1.807) is 0 Å². The number of piperazine rings is 1. The summed E-state index contributed by atoms with van der Waals surface area (Å²) in [6, 6.07) is 5.80. The third-order valence-corrected chi connectivity index (χ3v) is 3.39. The van der Waals surface area contributed by atoms with Gasteiger partial charge >= 0.3 is 0 Å². The van der Waals surface area contributed by atoms with Crippen molar-refractivity contribution in [1.29, 1.82) is 0 Å². The molecule has 3 nitrogen and oxygen atoms in total. The number of hydrogen-bond acceptors (Lipinski definition) is 2. The molecule has 1 aliphatic rings. The van der Waals surface area contributed by atoms with Crippen molar-refractivity contribution in [2.24, 2.45) is 0 Å². The molecule has 1 aliphatic heterocycles. The van der Waals surface area contributed by atoms with E-state index >= 15 is 0 Å². The summed E-state index contributed by atoms with van der Waals surface area (Å²) in [7, 11) is 0. The number of benzene rings is 1. The zero-order valence-corrected chi connectivity index (χ0v) is 11.1. The molecular weight excluding hydrogens is 236 g/mol. The Bertz CT molecular complexity index is 457. The number of rotatable bonds is 1. The van der Waals surface area contributed by atoms with E-state index in [1.807, 2.05) is 39.0 Å². The highest BCUT2D eigenvalue weighted by Gasteiger charge is 2.31. The Kier molecular flexibility index (Phi) is 3.04. The van der Waals surface area contributed by atoms with Crippen LogP contribution in [-0.2, 0) is 4.79 Å². The normalized spacial score (nSPS) is 19.1. The average molecular weight is 253 g/mol. The molecule has 0 unspecified atom stereocenters. The van der Waals surface area contributed by atoms with Crippen LogP contribution in [0.4, 0.5) is 5.69 Å². The zero-order chi connectivity index (χ0) is 12.6. The van der Waals surface area contributed by atoms with Gasteiger partial charge in [0.25, 0.3) is 0 Å². The molecule has 0 bridgehead atoms. The minimum absolute atomic E-state index is 0.0561. The molecule has 1 saturated heterocycles. The fourth-order valence-corrected chi connectivity index (χ4v) is 2.44. The maximum Gasteiger partial charge on any atom is 0.239 e. The number of nitrogens with one attached hydrogen (secondary N) is 1. The molecule has 0 radical (unpaired) electrons. The Morgan fingerprint density at radius 2 is 2.12 bits per heavy atom. The average Bonchev–Trinajstić information content (AvgIpc) is 2.19. The molecule has 2 rings (SSSR count). The number of anilines is 1. The molecule has 0 aliphatic carbocycles. The second-order valence-corrected chi connectivity index (χ2v) is 5.58. The predicted molar refractivity (Wildman–Crippen MR) is 70.6 cm³/mol. The Morgan fingerprint density at radius 3 is 2.76 bits per heavy atom. The van der Waals surface area contributed by atoms with Crippen molar-refractivity contribution in [3.63, 3.8) is 0 Å². The van der Waals surface area contributed by atoms with Crippen LogP contribution in [0.15, 0.2) is 18.2 Å². The molecule has 1 aromatic rings. The molecule has 0 aromatic heterocycles. The van der Waals surface area contributed by atoms with Crippen molar-refractivity contribution >= 4 is 23.2 Å². The first-order valence-electron chi connectivity index (χ1n) is 5.70. The van der Waals surface area contributed by atoms with Crippen LogP contribution in [-0.4, -0.2) is 24.5 Å². The molecule has 1 amide bonds. The summed E-state index contributed by atoms with van der Waals surface area (Å²) in [5.41, 5.74) is 1.87. The lowest BCUT2D eigenvalue weighted by atomic mass is 10.0. The minimum atomic E-state index is -0.204. The topological polar surface area (TPSA) is 32.3 Å². The number of halogens is 1. The minimum Gasteiger partial charge on any atom is -0.360 e. The molecule has 0 saturated carbocycles. The number of carbonyl (C=O) groups is 1. The van der Waals surface area contributed by atoms with Gasteiger partial charge in [0.15, 0.2) is 0 Å². The molecule has 0 spiro atoms. The summed E-state index contributed by atoms with van der Waals surface area (Å²) in [5.74, 6) is 0.0561. The van der Waals surface area contributed by atoms with Crippen LogP contribution in [0.3, 0.4) is 0 Å². The van der Waals surface area contributed by atoms with Gasteiger partial charge in [0.1, 0.15) is 0 Å². The maximum atomic E-state index is 11.7. The van der Waals surface area contributed by atoms with Gasteiger partial charge in [0.05, 0.1) is 12.1 Å².